The van der Waals surface area contributed by atoms with Crippen LogP contribution >= 0.6 is 0 Å². The van der Waals surface area contributed by atoms with Gasteiger partial charge in [-0.25, -0.2) is 4.79 Å². The molecule has 1 aromatic heterocycles. The molecule has 3 rings (SSSR count). The van der Waals surface area contributed by atoms with Crippen LogP contribution in [-0.4, -0.2) is 57.7 Å². The third-order valence-electron chi connectivity index (χ3n) is 5.62. The van der Waals surface area contributed by atoms with Gasteiger partial charge in [0.15, 0.2) is 0 Å². The molecule has 2 aliphatic heterocycles. The van der Waals surface area contributed by atoms with Gasteiger partial charge in [-0.3, -0.25) is 14.6 Å². The molecule has 0 aliphatic carbocycles. The molecule has 0 radical (unpaired) electrons. The fourth-order valence-electron chi connectivity index (χ4n) is 3.88. The highest BCUT2D eigenvalue weighted by Crippen LogP contribution is 2.39. The maximum Gasteiger partial charge on any atom is 0.328 e. The lowest BCUT2D eigenvalue weighted by atomic mass is 9.88. The number of aryl methyl sites for hydroxylation is 1. The van der Waals surface area contributed by atoms with E-state index in [0.717, 1.165) is 38.8 Å². The maximum atomic E-state index is 12.3. The third-order valence-corrected chi connectivity index (χ3v) is 5.62. The zero-order chi connectivity index (χ0) is 18.9. The van der Waals surface area contributed by atoms with Crippen LogP contribution < -0.4 is 16.6 Å². The number of carbonyl (C=O) groups is 1. The molecule has 3 heterocycles. The minimum Gasteiger partial charge on any atom is -0.370 e. The van der Waals surface area contributed by atoms with Crippen molar-refractivity contribution in [1.29, 1.82) is 0 Å². The third kappa shape index (κ3) is 3.91. The number of hydrogen-bond donors (Lipinski definition) is 2. The molecule has 0 saturated carbocycles. The SMILES string of the molecule is CC(C)N1CCC2(CC[C@H](CNC(=O)c3cn(C)c(=O)[nH]c3=O)O2)CC1. The second-order valence-corrected chi connectivity index (χ2v) is 7.71. The second kappa shape index (κ2) is 7.36. The Morgan fingerprint density at radius 3 is 2.69 bits per heavy atom. The molecule has 26 heavy (non-hydrogen) atoms. The zero-order valence-corrected chi connectivity index (χ0v) is 15.7. The van der Waals surface area contributed by atoms with Crippen molar-refractivity contribution in [1.82, 2.24) is 19.8 Å². The zero-order valence-electron chi connectivity index (χ0n) is 15.7. The number of nitrogens with one attached hydrogen (secondary N) is 2. The van der Waals surface area contributed by atoms with E-state index in [2.05, 4.69) is 29.0 Å². The van der Waals surface area contributed by atoms with E-state index in [1.165, 1.54) is 17.8 Å². The summed E-state index contributed by atoms with van der Waals surface area (Å²) in [7, 11) is 1.49. The van der Waals surface area contributed by atoms with Gasteiger partial charge in [-0.2, -0.15) is 0 Å². The molecule has 0 unspecified atom stereocenters. The van der Waals surface area contributed by atoms with E-state index in [1.54, 1.807) is 0 Å². The number of H-pyrrole nitrogens is 1. The van der Waals surface area contributed by atoms with E-state index in [9.17, 15) is 14.4 Å². The molecule has 0 aromatic carbocycles. The van der Waals surface area contributed by atoms with E-state index in [4.69, 9.17) is 4.74 Å². The highest BCUT2D eigenvalue weighted by Gasteiger charge is 2.42. The standard InChI is InChI=1S/C18H28N4O4/c1-12(2)22-8-6-18(7-9-22)5-4-13(26-18)10-19-15(23)14-11-21(3)17(25)20-16(14)24/h11-13H,4-10H2,1-3H3,(H,19,23)(H,20,24,25)/t13-/m1/s1. The molecule has 0 bridgehead atoms. The molecular formula is C18H28N4O4. The van der Waals surface area contributed by atoms with E-state index in [1.807, 2.05) is 0 Å². The van der Waals surface area contributed by atoms with Gasteiger partial charge in [0.05, 0.1) is 11.7 Å². The van der Waals surface area contributed by atoms with Crippen LogP contribution in [0.2, 0.25) is 0 Å². The van der Waals surface area contributed by atoms with Gasteiger partial charge in [0.1, 0.15) is 5.56 Å². The van der Waals surface area contributed by atoms with Gasteiger partial charge >= 0.3 is 5.69 Å². The molecule has 144 valence electrons. The van der Waals surface area contributed by atoms with Crippen LogP contribution in [0.15, 0.2) is 15.8 Å². The average molecular weight is 364 g/mol. The second-order valence-electron chi connectivity index (χ2n) is 7.71. The van der Waals surface area contributed by atoms with E-state index < -0.39 is 17.2 Å². The van der Waals surface area contributed by atoms with Gasteiger partial charge in [0.2, 0.25) is 0 Å². The molecule has 1 aromatic rings. The van der Waals surface area contributed by atoms with Crippen LogP contribution in [0.1, 0.15) is 49.9 Å². The summed E-state index contributed by atoms with van der Waals surface area (Å²) in [5.41, 5.74) is -1.34. The first kappa shape index (κ1) is 18.8. The summed E-state index contributed by atoms with van der Waals surface area (Å²) in [6.45, 7) is 6.89. The van der Waals surface area contributed by atoms with Crippen LogP contribution in [0.4, 0.5) is 0 Å². The predicted molar refractivity (Wildman–Crippen MR) is 97.4 cm³/mol. The number of nitrogens with zero attached hydrogens (tertiary/aromatic N) is 2. The summed E-state index contributed by atoms with van der Waals surface area (Å²) in [6, 6.07) is 0.559. The first-order chi connectivity index (χ1) is 12.3. The van der Waals surface area contributed by atoms with Crippen LogP contribution in [0.5, 0.6) is 0 Å². The molecule has 8 heteroatoms. The predicted octanol–water partition coefficient (Wildman–Crippen LogP) is 0.225. The van der Waals surface area contributed by atoms with E-state index in [0.29, 0.717) is 12.6 Å². The number of aromatic nitrogens is 2. The molecule has 2 N–H and O–H groups in total. The molecule has 2 aliphatic rings. The molecule has 8 nitrogen and oxygen atoms in total. The minimum absolute atomic E-state index is 0.0313. The Labute approximate surface area is 152 Å². The molecule has 1 spiro atoms. The fraction of sp³-hybridized carbons (Fsp3) is 0.722. The number of amides is 1. The van der Waals surface area contributed by atoms with Gasteiger partial charge in [0.25, 0.3) is 11.5 Å². The van der Waals surface area contributed by atoms with Crippen molar-refractivity contribution < 1.29 is 9.53 Å². The van der Waals surface area contributed by atoms with Gasteiger partial charge in [-0.05, 0) is 39.5 Å². The Bertz CT molecular complexity index is 774. The summed E-state index contributed by atoms with van der Waals surface area (Å²) in [4.78, 5) is 40.0. The van der Waals surface area contributed by atoms with Crippen molar-refractivity contribution in [3.63, 3.8) is 0 Å². The van der Waals surface area contributed by atoms with Gasteiger partial charge in [0, 0.05) is 38.9 Å². The molecular weight excluding hydrogens is 336 g/mol. The van der Waals surface area contributed by atoms with Crippen LogP contribution in [-0.2, 0) is 11.8 Å². The first-order valence-corrected chi connectivity index (χ1v) is 9.30. The van der Waals surface area contributed by atoms with E-state index >= 15 is 0 Å². The van der Waals surface area contributed by atoms with Crippen molar-refractivity contribution in [2.75, 3.05) is 19.6 Å². The fourth-order valence-corrected chi connectivity index (χ4v) is 3.88. The average Bonchev–Trinajstić information content (AvgIpc) is 2.99. The number of rotatable bonds is 4. The Morgan fingerprint density at radius 2 is 2.04 bits per heavy atom. The number of carbonyl (C=O) groups excluding carboxylic acids is 1. The van der Waals surface area contributed by atoms with E-state index in [-0.39, 0.29) is 17.3 Å². The number of ether oxygens (including phenoxy) is 1. The number of hydrogen-bond acceptors (Lipinski definition) is 5. The quantitative estimate of drug-likeness (QED) is 0.797. The van der Waals surface area contributed by atoms with Crippen LogP contribution in [0.25, 0.3) is 0 Å². The van der Waals surface area contributed by atoms with Gasteiger partial charge in [-0.15, -0.1) is 0 Å². The van der Waals surface area contributed by atoms with Crippen molar-refractivity contribution >= 4 is 5.91 Å². The Morgan fingerprint density at radius 1 is 1.35 bits per heavy atom. The smallest absolute Gasteiger partial charge is 0.328 e. The number of likely N-dealkylation sites (tertiary alicyclic amines) is 1. The van der Waals surface area contributed by atoms with Crippen LogP contribution in [0.3, 0.4) is 0 Å². The normalized spacial score (nSPS) is 22.8. The summed E-state index contributed by atoms with van der Waals surface area (Å²) in [5, 5.41) is 2.77. The number of aromatic amines is 1. The Hall–Kier alpha value is -1.93. The maximum absolute atomic E-state index is 12.3. The highest BCUT2D eigenvalue weighted by molar-refractivity contribution is 5.93. The Balaban J connectivity index is 1.54. The topological polar surface area (TPSA) is 96.4 Å². The Kier molecular flexibility index (Phi) is 5.34. The minimum atomic E-state index is -0.671. The monoisotopic (exact) mass is 364 g/mol. The lowest BCUT2D eigenvalue weighted by Crippen LogP contribution is -2.47. The summed E-state index contributed by atoms with van der Waals surface area (Å²) in [5.74, 6) is -0.485. The molecule has 2 saturated heterocycles. The summed E-state index contributed by atoms with van der Waals surface area (Å²) in [6.07, 6.45) is 5.20. The molecule has 2 fully saturated rings. The largest absolute Gasteiger partial charge is 0.370 e. The van der Waals surface area contributed by atoms with Crippen molar-refractivity contribution in [3.8, 4) is 0 Å². The number of piperidine rings is 1. The van der Waals surface area contributed by atoms with Gasteiger partial charge < -0.3 is 19.5 Å². The van der Waals surface area contributed by atoms with Crippen LogP contribution in [0, 0.1) is 0 Å². The van der Waals surface area contributed by atoms with Gasteiger partial charge in [-0.1, -0.05) is 0 Å². The van der Waals surface area contributed by atoms with Crippen molar-refractivity contribution in [2.24, 2.45) is 7.05 Å². The first-order valence-electron chi connectivity index (χ1n) is 9.30. The molecule has 1 atom stereocenters. The lowest BCUT2D eigenvalue weighted by molar-refractivity contribution is -0.0788. The summed E-state index contributed by atoms with van der Waals surface area (Å²) >= 11 is 0. The lowest BCUT2D eigenvalue weighted by Gasteiger charge is -2.40. The van der Waals surface area contributed by atoms with Crippen molar-refractivity contribution in [2.45, 2.75) is 57.3 Å². The molecule has 1 amide bonds. The van der Waals surface area contributed by atoms with Crippen molar-refractivity contribution in [3.05, 3.63) is 32.6 Å². The summed E-state index contributed by atoms with van der Waals surface area (Å²) < 4.78 is 7.48. The highest BCUT2D eigenvalue weighted by atomic mass is 16.5.